The van der Waals surface area contributed by atoms with Crippen LogP contribution in [0.2, 0.25) is 0 Å². The number of hydrogen-bond acceptors (Lipinski definition) is 6. The van der Waals surface area contributed by atoms with Gasteiger partial charge in [-0.2, -0.15) is 0 Å². The van der Waals surface area contributed by atoms with E-state index in [1.807, 2.05) is 0 Å². The molecule has 0 aliphatic heterocycles. The lowest BCUT2D eigenvalue weighted by Crippen LogP contribution is -2.30. The fourth-order valence-corrected chi connectivity index (χ4v) is 10.2. The number of esters is 3. The topological polar surface area (TPSA) is 78.9 Å². The third kappa shape index (κ3) is 60.8. The largest absolute Gasteiger partial charge is 0.462 e. The van der Waals surface area contributed by atoms with Gasteiger partial charge in [0.1, 0.15) is 13.2 Å². The van der Waals surface area contributed by atoms with Crippen LogP contribution in [-0.4, -0.2) is 37.2 Å². The molecule has 1 atom stereocenters. The lowest BCUT2D eigenvalue weighted by atomic mass is 10.0. The van der Waals surface area contributed by atoms with Crippen LogP contribution in [0.3, 0.4) is 0 Å². The Morgan fingerprint density at radius 2 is 0.500 bits per heavy atom. The van der Waals surface area contributed by atoms with Crippen molar-refractivity contribution in [1.82, 2.24) is 0 Å². The lowest BCUT2D eigenvalue weighted by Gasteiger charge is -2.18. The van der Waals surface area contributed by atoms with Crippen molar-refractivity contribution in [3.63, 3.8) is 0 Å². The number of ether oxygens (including phenoxy) is 3. The van der Waals surface area contributed by atoms with Crippen molar-refractivity contribution < 1.29 is 28.6 Å². The van der Waals surface area contributed by atoms with E-state index in [2.05, 4.69) is 45.1 Å². The summed E-state index contributed by atoms with van der Waals surface area (Å²) in [5.74, 6) is -0.867. The number of carbonyl (C=O) groups is 3. The Labute approximate surface area is 462 Å². The molecule has 6 heteroatoms. The quantitative estimate of drug-likeness (QED) is 0.0261. The minimum Gasteiger partial charge on any atom is -0.462 e. The Morgan fingerprint density at radius 1 is 0.270 bits per heavy atom. The van der Waals surface area contributed by atoms with Gasteiger partial charge in [-0.05, 0) is 44.9 Å². The number of unbranched alkanes of at least 4 members (excludes halogenated alkanes) is 47. The molecule has 0 fully saturated rings. The second-order valence-corrected chi connectivity index (χ2v) is 22.7. The molecule has 0 spiro atoms. The second kappa shape index (κ2) is 63.4. The van der Waals surface area contributed by atoms with E-state index in [1.165, 1.54) is 250 Å². The van der Waals surface area contributed by atoms with Crippen LogP contribution in [0.15, 0.2) is 24.3 Å². The zero-order chi connectivity index (χ0) is 53.6. The minimum absolute atomic E-state index is 0.0718. The average Bonchev–Trinajstić information content (AvgIpc) is 3.40. The Hall–Kier alpha value is -2.11. The van der Waals surface area contributed by atoms with Crippen molar-refractivity contribution in [2.24, 2.45) is 0 Å². The molecule has 0 aliphatic rings. The zero-order valence-corrected chi connectivity index (χ0v) is 50.1. The summed E-state index contributed by atoms with van der Waals surface area (Å²) in [5, 5.41) is 0. The predicted molar refractivity (Wildman–Crippen MR) is 321 cm³/mol. The normalized spacial score (nSPS) is 12.1. The van der Waals surface area contributed by atoms with E-state index in [-0.39, 0.29) is 31.1 Å². The van der Waals surface area contributed by atoms with E-state index in [0.717, 1.165) is 83.5 Å². The Morgan fingerprint density at radius 3 is 0.784 bits per heavy atom. The van der Waals surface area contributed by atoms with Gasteiger partial charge in [0.25, 0.3) is 0 Å². The molecule has 0 saturated heterocycles. The maximum absolute atomic E-state index is 12.8. The van der Waals surface area contributed by atoms with E-state index in [9.17, 15) is 14.4 Å². The van der Waals surface area contributed by atoms with Gasteiger partial charge in [0.05, 0.1) is 0 Å². The SMILES string of the molecule is CCCC/C=C\C/C=C\CCCCCCCC(=O)OC(COC(=O)CCCCCCCCCCC)COC(=O)CCCCCCCCCCCCCCCCCCCCCCCCCCCCCCCCCCC. The zero-order valence-electron chi connectivity index (χ0n) is 50.1. The average molecular weight is 1040 g/mol. The monoisotopic (exact) mass is 1040 g/mol. The maximum atomic E-state index is 12.8. The summed E-state index contributed by atoms with van der Waals surface area (Å²) in [4.78, 5) is 38.1. The van der Waals surface area contributed by atoms with Crippen LogP contribution in [0, 0.1) is 0 Å². The highest BCUT2D eigenvalue weighted by molar-refractivity contribution is 5.71. The highest BCUT2D eigenvalue weighted by Gasteiger charge is 2.19. The van der Waals surface area contributed by atoms with Gasteiger partial charge in [0.15, 0.2) is 6.10 Å². The fraction of sp³-hybridized carbons (Fsp3) is 0.897. The first-order valence-corrected chi connectivity index (χ1v) is 33.3. The molecule has 0 rings (SSSR count). The van der Waals surface area contributed by atoms with Crippen molar-refractivity contribution in [3.8, 4) is 0 Å². The van der Waals surface area contributed by atoms with Gasteiger partial charge in [0, 0.05) is 19.3 Å². The van der Waals surface area contributed by atoms with E-state index in [0.29, 0.717) is 19.3 Å². The summed E-state index contributed by atoms with van der Waals surface area (Å²) in [6.07, 6.45) is 76.6. The molecule has 436 valence electrons. The van der Waals surface area contributed by atoms with Crippen molar-refractivity contribution in [2.45, 2.75) is 380 Å². The molecule has 0 radical (unpaired) electrons. The van der Waals surface area contributed by atoms with Crippen LogP contribution < -0.4 is 0 Å². The number of carbonyl (C=O) groups excluding carboxylic acids is 3. The van der Waals surface area contributed by atoms with Gasteiger partial charge in [-0.1, -0.05) is 334 Å². The van der Waals surface area contributed by atoms with Crippen LogP contribution in [0.25, 0.3) is 0 Å². The predicted octanol–water partition coefficient (Wildman–Crippen LogP) is 22.6. The molecular weight excluding hydrogens is 913 g/mol. The Balaban J connectivity index is 3.97. The van der Waals surface area contributed by atoms with E-state index < -0.39 is 6.10 Å². The summed E-state index contributed by atoms with van der Waals surface area (Å²) < 4.78 is 16.9. The number of hydrogen-bond donors (Lipinski definition) is 0. The molecule has 1 unspecified atom stereocenters. The molecular formula is C68H128O6. The third-order valence-corrected chi connectivity index (χ3v) is 15.2. The molecule has 0 aromatic rings. The molecule has 0 saturated carbocycles. The maximum Gasteiger partial charge on any atom is 0.306 e. The smallest absolute Gasteiger partial charge is 0.306 e. The van der Waals surface area contributed by atoms with Crippen LogP contribution in [0.5, 0.6) is 0 Å². The fourth-order valence-electron chi connectivity index (χ4n) is 10.2. The van der Waals surface area contributed by atoms with Crippen molar-refractivity contribution in [2.75, 3.05) is 13.2 Å². The lowest BCUT2D eigenvalue weighted by molar-refractivity contribution is -0.167. The summed E-state index contributed by atoms with van der Waals surface area (Å²) >= 11 is 0. The van der Waals surface area contributed by atoms with Crippen LogP contribution >= 0.6 is 0 Å². The molecule has 0 N–H and O–H groups in total. The number of rotatable bonds is 62. The van der Waals surface area contributed by atoms with Crippen LogP contribution in [-0.2, 0) is 28.6 Å². The van der Waals surface area contributed by atoms with E-state index in [4.69, 9.17) is 14.2 Å². The first kappa shape index (κ1) is 71.9. The number of allylic oxidation sites excluding steroid dienone is 4. The molecule has 0 aliphatic carbocycles. The molecule has 0 amide bonds. The summed E-state index contributed by atoms with van der Waals surface area (Å²) in [6.45, 7) is 6.62. The standard InChI is InChI=1S/C68H128O6/c1-4-7-10-13-16-19-21-23-25-26-27-28-29-30-31-32-33-34-35-36-37-38-39-40-41-42-43-45-46-49-52-55-58-61-67(70)73-64-65(63-72-66(69)60-57-54-51-48-18-15-12-9-6-3)74-68(71)62-59-56-53-50-47-44-24-22-20-17-14-11-8-5-2/h14,17,22,24,65H,4-13,15-16,18-21,23,25-64H2,1-3H3/b17-14-,24-22-. The van der Waals surface area contributed by atoms with Gasteiger partial charge >= 0.3 is 17.9 Å². The Bertz CT molecular complexity index is 1190. The van der Waals surface area contributed by atoms with Crippen molar-refractivity contribution in [3.05, 3.63) is 24.3 Å². The Kier molecular flexibility index (Phi) is 61.6. The highest BCUT2D eigenvalue weighted by Crippen LogP contribution is 2.19. The van der Waals surface area contributed by atoms with Crippen LogP contribution in [0.4, 0.5) is 0 Å². The third-order valence-electron chi connectivity index (χ3n) is 15.2. The molecule has 0 aromatic heterocycles. The molecule has 0 aromatic carbocycles. The van der Waals surface area contributed by atoms with Crippen molar-refractivity contribution >= 4 is 17.9 Å². The summed E-state index contributed by atoms with van der Waals surface area (Å²) in [6, 6.07) is 0. The highest BCUT2D eigenvalue weighted by atomic mass is 16.6. The van der Waals surface area contributed by atoms with Crippen molar-refractivity contribution in [1.29, 1.82) is 0 Å². The molecule has 6 nitrogen and oxygen atoms in total. The van der Waals surface area contributed by atoms with E-state index >= 15 is 0 Å². The first-order chi connectivity index (χ1) is 36.5. The first-order valence-electron chi connectivity index (χ1n) is 33.3. The minimum atomic E-state index is -0.773. The molecule has 74 heavy (non-hydrogen) atoms. The van der Waals surface area contributed by atoms with Gasteiger partial charge < -0.3 is 14.2 Å². The summed E-state index contributed by atoms with van der Waals surface area (Å²) in [5.41, 5.74) is 0. The van der Waals surface area contributed by atoms with Crippen LogP contribution in [0.1, 0.15) is 374 Å². The van der Waals surface area contributed by atoms with Gasteiger partial charge in [-0.15, -0.1) is 0 Å². The second-order valence-electron chi connectivity index (χ2n) is 22.7. The molecule has 0 bridgehead atoms. The summed E-state index contributed by atoms with van der Waals surface area (Å²) in [7, 11) is 0. The molecule has 0 heterocycles. The van der Waals surface area contributed by atoms with Gasteiger partial charge in [-0.3, -0.25) is 14.4 Å². The van der Waals surface area contributed by atoms with Gasteiger partial charge in [0.2, 0.25) is 0 Å². The van der Waals surface area contributed by atoms with E-state index in [1.54, 1.807) is 0 Å². The van der Waals surface area contributed by atoms with Gasteiger partial charge in [-0.25, -0.2) is 0 Å².